The maximum absolute atomic E-state index is 12.3. The molecule has 0 spiro atoms. The third-order valence-corrected chi connectivity index (χ3v) is 4.69. The van der Waals surface area contributed by atoms with Crippen LogP contribution in [0.1, 0.15) is 16.7 Å². The third kappa shape index (κ3) is 5.63. The van der Waals surface area contributed by atoms with Crippen molar-refractivity contribution in [3.63, 3.8) is 0 Å². The average Bonchev–Trinajstić information content (AvgIpc) is 2.53. The lowest BCUT2D eigenvalue weighted by Gasteiger charge is -2.17. The molecular weight excluding hydrogens is 371 g/mol. The van der Waals surface area contributed by atoms with Crippen LogP contribution in [0.5, 0.6) is 5.75 Å². The number of carbonyl (C=O) groups is 1. The van der Waals surface area contributed by atoms with Crippen molar-refractivity contribution >= 4 is 34.8 Å². The van der Waals surface area contributed by atoms with Crippen molar-refractivity contribution in [2.24, 2.45) is 0 Å². The van der Waals surface area contributed by atoms with E-state index in [0.717, 1.165) is 21.7 Å². The molecule has 1 unspecified atom stereocenters. The molecule has 0 aliphatic heterocycles. The van der Waals surface area contributed by atoms with Gasteiger partial charge in [0.15, 0.2) is 12.3 Å². The molecule has 6 heteroatoms. The van der Waals surface area contributed by atoms with E-state index in [1.165, 1.54) is 5.56 Å². The number of halogens is 2. The summed E-state index contributed by atoms with van der Waals surface area (Å²) in [5, 5.41) is 3.99. The quantitative estimate of drug-likeness (QED) is 0.753. The summed E-state index contributed by atoms with van der Waals surface area (Å²) < 4.78 is 5.67. The number of likely N-dealkylation sites (N-methyl/N-ethyl adjacent to an activating group) is 1. The predicted octanol–water partition coefficient (Wildman–Crippen LogP) is 3.45. The Morgan fingerprint density at radius 2 is 1.69 bits per heavy atom. The summed E-state index contributed by atoms with van der Waals surface area (Å²) in [6, 6.07) is 9.38. The Labute approximate surface area is 165 Å². The van der Waals surface area contributed by atoms with Crippen LogP contribution >= 0.6 is 23.2 Å². The first-order valence-electron chi connectivity index (χ1n) is 8.53. The van der Waals surface area contributed by atoms with Crippen LogP contribution in [0.2, 0.25) is 10.0 Å². The van der Waals surface area contributed by atoms with E-state index in [1.54, 1.807) is 18.2 Å². The predicted molar refractivity (Wildman–Crippen MR) is 108 cm³/mol. The molecule has 4 nitrogen and oxygen atoms in total. The molecule has 26 heavy (non-hydrogen) atoms. The van der Waals surface area contributed by atoms with E-state index in [0.29, 0.717) is 35.5 Å². The molecule has 0 radical (unpaired) electrons. The fourth-order valence-electron chi connectivity index (χ4n) is 2.87. The monoisotopic (exact) mass is 395 g/mol. The fourth-order valence-corrected chi connectivity index (χ4v) is 3.38. The Balaban J connectivity index is 1.84. The number of hydrogen-bond acceptors (Lipinski definition) is 2. The summed E-state index contributed by atoms with van der Waals surface area (Å²) in [6.45, 7) is 7.49. The number of para-hydroxylation sites is 1. The van der Waals surface area contributed by atoms with Gasteiger partial charge in [-0.15, -0.1) is 0 Å². The van der Waals surface area contributed by atoms with Crippen LogP contribution in [-0.2, 0) is 4.79 Å². The van der Waals surface area contributed by atoms with E-state index < -0.39 is 0 Å². The molecule has 0 heterocycles. The van der Waals surface area contributed by atoms with Crippen molar-refractivity contribution in [3.05, 3.63) is 57.1 Å². The van der Waals surface area contributed by atoms with Crippen molar-refractivity contribution in [3.8, 4) is 5.75 Å². The summed E-state index contributed by atoms with van der Waals surface area (Å²) in [7, 11) is 1.95. The van der Waals surface area contributed by atoms with Gasteiger partial charge in [-0.2, -0.15) is 0 Å². The van der Waals surface area contributed by atoms with Gasteiger partial charge in [-0.1, -0.05) is 47.0 Å². The Hall–Kier alpha value is -1.75. The van der Waals surface area contributed by atoms with Crippen LogP contribution in [0.3, 0.4) is 0 Å². The smallest absolute Gasteiger partial charge is 0.279 e. The SMILES string of the molecule is Cc1cc(C)c(NC(=O)C[NH+](C)CCOc2c(Cl)cccc2Cl)c(C)c1. The lowest BCUT2D eigenvalue weighted by Crippen LogP contribution is -3.10. The molecule has 0 saturated carbocycles. The molecule has 2 aromatic rings. The summed E-state index contributed by atoms with van der Waals surface area (Å²) in [4.78, 5) is 13.4. The van der Waals surface area contributed by atoms with Gasteiger partial charge >= 0.3 is 0 Å². The molecule has 0 aromatic heterocycles. The van der Waals surface area contributed by atoms with Crippen molar-refractivity contribution in [1.82, 2.24) is 0 Å². The summed E-state index contributed by atoms with van der Waals surface area (Å²) >= 11 is 12.2. The Kier molecular flexibility index (Phi) is 7.33. The molecule has 0 aliphatic carbocycles. The number of rotatable bonds is 7. The summed E-state index contributed by atoms with van der Waals surface area (Å²) in [6.07, 6.45) is 0. The first-order chi connectivity index (χ1) is 12.3. The van der Waals surface area contributed by atoms with Gasteiger partial charge in [0.25, 0.3) is 5.91 Å². The number of quaternary nitrogens is 1. The number of benzene rings is 2. The molecule has 1 amide bonds. The summed E-state index contributed by atoms with van der Waals surface area (Å²) in [5.74, 6) is 0.465. The number of amides is 1. The normalized spacial score (nSPS) is 11.9. The highest BCUT2D eigenvalue weighted by atomic mass is 35.5. The average molecular weight is 396 g/mol. The van der Waals surface area contributed by atoms with Crippen molar-refractivity contribution < 1.29 is 14.4 Å². The number of carbonyl (C=O) groups excluding carboxylic acids is 1. The maximum atomic E-state index is 12.3. The van der Waals surface area contributed by atoms with E-state index in [2.05, 4.69) is 24.4 Å². The summed E-state index contributed by atoms with van der Waals surface area (Å²) in [5.41, 5.74) is 4.24. The van der Waals surface area contributed by atoms with E-state index in [-0.39, 0.29) is 5.91 Å². The minimum atomic E-state index is -0.0201. The highest BCUT2D eigenvalue weighted by molar-refractivity contribution is 6.37. The zero-order valence-corrected chi connectivity index (χ0v) is 17.1. The zero-order chi connectivity index (χ0) is 19.3. The van der Waals surface area contributed by atoms with Crippen LogP contribution < -0.4 is 15.0 Å². The first kappa shape index (κ1) is 20.6. The van der Waals surface area contributed by atoms with Gasteiger partial charge in [-0.25, -0.2) is 0 Å². The van der Waals surface area contributed by atoms with E-state index in [4.69, 9.17) is 27.9 Å². The van der Waals surface area contributed by atoms with Gasteiger partial charge in [0.2, 0.25) is 0 Å². The minimum absolute atomic E-state index is 0.0201. The standard InChI is InChI=1S/C20H24Cl2N2O2/c1-13-10-14(2)19(15(3)11-13)23-18(25)12-24(4)8-9-26-20-16(21)6-5-7-17(20)22/h5-7,10-11H,8-9,12H2,1-4H3,(H,23,25)/p+1. The van der Waals surface area contributed by atoms with Gasteiger partial charge < -0.3 is 15.0 Å². The number of anilines is 1. The van der Waals surface area contributed by atoms with Crippen molar-refractivity contribution in [2.75, 3.05) is 32.1 Å². The van der Waals surface area contributed by atoms with Crippen molar-refractivity contribution in [2.45, 2.75) is 20.8 Å². The molecule has 2 N–H and O–H groups in total. The van der Waals surface area contributed by atoms with Crippen LogP contribution in [-0.4, -0.2) is 32.7 Å². The maximum Gasteiger partial charge on any atom is 0.279 e. The highest BCUT2D eigenvalue weighted by Gasteiger charge is 2.14. The molecule has 2 rings (SSSR count). The van der Waals surface area contributed by atoms with Crippen LogP contribution in [0.15, 0.2) is 30.3 Å². The Morgan fingerprint density at radius 3 is 2.27 bits per heavy atom. The molecule has 140 valence electrons. The minimum Gasteiger partial charge on any atom is -0.485 e. The Bertz CT molecular complexity index is 750. The van der Waals surface area contributed by atoms with Gasteiger partial charge in [0.1, 0.15) is 13.2 Å². The second kappa shape index (κ2) is 9.26. The van der Waals surface area contributed by atoms with Gasteiger partial charge in [-0.05, 0) is 44.0 Å². The van der Waals surface area contributed by atoms with Crippen molar-refractivity contribution in [1.29, 1.82) is 0 Å². The number of ether oxygens (including phenoxy) is 1. The lowest BCUT2D eigenvalue weighted by molar-refractivity contribution is -0.871. The molecule has 2 aromatic carbocycles. The third-order valence-electron chi connectivity index (χ3n) is 4.10. The van der Waals surface area contributed by atoms with Crippen LogP contribution in [0, 0.1) is 20.8 Å². The molecule has 0 saturated heterocycles. The number of hydrogen-bond donors (Lipinski definition) is 2. The first-order valence-corrected chi connectivity index (χ1v) is 9.29. The second-order valence-electron chi connectivity index (χ2n) is 6.61. The second-order valence-corrected chi connectivity index (χ2v) is 7.42. The zero-order valence-electron chi connectivity index (χ0n) is 15.6. The topological polar surface area (TPSA) is 42.8 Å². The highest BCUT2D eigenvalue weighted by Crippen LogP contribution is 2.32. The number of aryl methyl sites for hydroxylation is 3. The van der Waals surface area contributed by atoms with Gasteiger partial charge in [0.05, 0.1) is 17.1 Å². The fraction of sp³-hybridized carbons (Fsp3) is 0.350. The molecule has 0 bridgehead atoms. The number of nitrogens with one attached hydrogen (secondary N) is 2. The Morgan fingerprint density at radius 1 is 1.12 bits per heavy atom. The van der Waals surface area contributed by atoms with E-state index in [1.807, 2.05) is 20.9 Å². The van der Waals surface area contributed by atoms with Crippen LogP contribution in [0.4, 0.5) is 5.69 Å². The lowest BCUT2D eigenvalue weighted by atomic mass is 10.1. The van der Waals surface area contributed by atoms with Gasteiger partial charge in [0, 0.05) is 5.69 Å². The molecule has 0 fully saturated rings. The van der Waals surface area contributed by atoms with Gasteiger partial charge in [-0.3, -0.25) is 4.79 Å². The van der Waals surface area contributed by atoms with E-state index in [9.17, 15) is 4.79 Å². The molecule has 0 aliphatic rings. The molecule has 1 atom stereocenters. The molecular formula is C20H25Cl2N2O2+. The largest absolute Gasteiger partial charge is 0.485 e. The van der Waals surface area contributed by atoms with E-state index >= 15 is 0 Å². The van der Waals surface area contributed by atoms with Crippen LogP contribution in [0.25, 0.3) is 0 Å².